The van der Waals surface area contributed by atoms with E-state index in [0.29, 0.717) is 48.5 Å². The van der Waals surface area contributed by atoms with Crippen molar-refractivity contribution < 1.29 is 19.0 Å². The van der Waals surface area contributed by atoms with Gasteiger partial charge < -0.3 is 34.2 Å². The van der Waals surface area contributed by atoms with Gasteiger partial charge in [-0.05, 0) is 77.1 Å². The number of methoxy groups -OCH3 is 1. The van der Waals surface area contributed by atoms with E-state index in [1.807, 2.05) is 45.0 Å². The summed E-state index contributed by atoms with van der Waals surface area (Å²) in [5.41, 5.74) is 3.20. The highest BCUT2D eigenvalue weighted by Gasteiger charge is 2.32. The monoisotopic (exact) mass is 668 g/mol. The summed E-state index contributed by atoms with van der Waals surface area (Å²) in [5.74, 6) is 1.72. The number of anilines is 3. The standard InChI is InChI=1S/C37H48N8O4/c1-37(2,3)49-36(46)45-17-13-30(25-45)48-33-9-6-26(22-27(33)24-38)31-10-14-39-35(41-31)40-28-7-8-32(34(23-28)47-5)44-15-11-29(12-16-44)43-20-18-42(4)19-21-43/h6-10,14,22-23,29-30H,11-13,15-21,25H2,1-5H3,(H,39,40,41). The zero-order chi connectivity index (χ0) is 34.5. The predicted octanol–water partition coefficient (Wildman–Crippen LogP) is 5.37. The number of nitriles is 1. The number of carbonyl (C=O) groups is 1. The molecule has 1 N–H and O–H groups in total. The van der Waals surface area contributed by atoms with E-state index >= 15 is 0 Å². The quantitative estimate of drug-likeness (QED) is 0.334. The fraction of sp³-hybridized carbons (Fsp3) is 0.514. The van der Waals surface area contributed by atoms with Crippen LogP contribution in [-0.2, 0) is 4.74 Å². The second-order valence-electron chi connectivity index (χ2n) is 14.1. The van der Waals surface area contributed by atoms with Crippen molar-refractivity contribution in [1.82, 2.24) is 24.7 Å². The molecule has 0 spiro atoms. The second kappa shape index (κ2) is 14.9. The molecule has 3 aliphatic heterocycles. The molecule has 1 amide bonds. The molecular formula is C37H48N8O4. The highest BCUT2D eigenvalue weighted by atomic mass is 16.6. The number of piperazine rings is 1. The van der Waals surface area contributed by atoms with Crippen LogP contribution in [0.5, 0.6) is 11.5 Å². The summed E-state index contributed by atoms with van der Waals surface area (Å²) >= 11 is 0. The molecule has 0 saturated carbocycles. The van der Waals surface area contributed by atoms with Crippen LogP contribution in [0.1, 0.15) is 45.6 Å². The first-order valence-corrected chi connectivity index (χ1v) is 17.2. The summed E-state index contributed by atoms with van der Waals surface area (Å²) in [5, 5.41) is 13.3. The van der Waals surface area contributed by atoms with Crippen LogP contribution in [0.25, 0.3) is 11.3 Å². The van der Waals surface area contributed by atoms with Gasteiger partial charge in [0, 0.05) is 81.8 Å². The number of amides is 1. The highest BCUT2D eigenvalue weighted by Crippen LogP contribution is 2.35. The van der Waals surface area contributed by atoms with Crippen molar-refractivity contribution in [3.05, 3.63) is 54.2 Å². The van der Waals surface area contributed by atoms with Gasteiger partial charge in [0.15, 0.2) is 0 Å². The van der Waals surface area contributed by atoms with Gasteiger partial charge in [-0.1, -0.05) is 0 Å². The number of piperidine rings is 1. The minimum Gasteiger partial charge on any atom is -0.495 e. The van der Waals surface area contributed by atoms with Crippen molar-refractivity contribution in [2.75, 3.05) is 76.7 Å². The summed E-state index contributed by atoms with van der Waals surface area (Å²) in [7, 11) is 3.91. The molecule has 1 aromatic heterocycles. The van der Waals surface area contributed by atoms with Gasteiger partial charge in [0.1, 0.15) is 29.3 Å². The van der Waals surface area contributed by atoms with Gasteiger partial charge in [0.2, 0.25) is 5.95 Å². The van der Waals surface area contributed by atoms with Gasteiger partial charge in [-0.3, -0.25) is 4.90 Å². The molecule has 3 fully saturated rings. The van der Waals surface area contributed by atoms with E-state index in [-0.39, 0.29) is 12.2 Å². The maximum absolute atomic E-state index is 12.5. The minimum absolute atomic E-state index is 0.224. The smallest absolute Gasteiger partial charge is 0.410 e. The van der Waals surface area contributed by atoms with Crippen LogP contribution >= 0.6 is 0 Å². The van der Waals surface area contributed by atoms with E-state index in [9.17, 15) is 10.1 Å². The first-order chi connectivity index (χ1) is 23.6. The summed E-state index contributed by atoms with van der Waals surface area (Å²) < 4.78 is 17.5. The Kier molecular flexibility index (Phi) is 10.4. The normalized spacial score (nSPS) is 19.4. The van der Waals surface area contributed by atoms with Crippen molar-refractivity contribution in [2.45, 2.75) is 57.8 Å². The molecule has 3 saturated heterocycles. The van der Waals surface area contributed by atoms with Crippen LogP contribution in [0.4, 0.5) is 22.1 Å². The molecule has 0 bridgehead atoms. The van der Waals surface area contributed by atoms with Gasteiger partial charge in [-0.2, -0.15) is 5.26 Å². The largest absolute Gasteiger partial charge is 0.495 e. The molecule has 12 nitrogen and oxygen atoms in total. The number of hydrogen-bond acceptors (Lipinski definition) is 11. The molecule has 1 atom stereocenters. The van der Waals surface area contributed by atoms with Crippen molar-refractivity contribution in [2.24, 2.45) is 0 Å². The molecule has 0 aliphatic carbocycles. The van der Waals surface area contributed by atoms with E-state index in [0.717, 1.165) is 74.8 Å². The summed E-state index contributed by atoms with van der Waals surface area (Å²) in [6.07, 6.45) is 4.09. The van der Waals surface area contributed by atoms with E-state index in [1.165, 1.54) is 0 Å². The molecule has 4 heterocycles. The van der Waals surface area contributed by atoms with Crippen LogP contribution < -0.4 is 19.7 Å². The number of aromatic nitrogens is 2. The van der Waals surface area contributed by atoms with Crippen molar-refractivity contribution >= 4 is 23.4 Å². The predicted molar refractivity (Wildman–Crippen MR) is 190 cm³/mol. The van der Waals surface area contributed by atoms with Gasteiger partial charge in [-0.15, -0.1) is 0 Å². The number of carbonyl (C=O) groups excluding carboxylic acids is 1. The first kappa shape index (κ1) is 34.3. The molecular weight excluding hydrogens is 620 g/mol. The van der Waals surface area contributed by atoms with Gasteiger partial charge in [0.05, 0.1) is 30.6 Å². The summed E-state index contributed by atoms with van der Waals surface area (Å²) in [6, 6.07) is 16.3. The number of benzene rings is 2. The number of rotatable bonds is 8. The van der Waals surface area contributed by atoms with Crippen molar-refractivity contribution in [3.8, 4) is 28.8 Å². The van der Waals surface area contributed by atoms with Crippen LogP contribution in [0.15, 0.2) is 48.7 Å². The zero-order valence-corrected chi connectivity index (χ0v) is 29.3. The Bertz CT molecular complexity index is 1650. The number of hydrogen-bond donors (Lipinski definition) is 1. The lowest BCUT2D eigenvalue weighted by Gasteiger charge is -2.42. The minimum atomic E-state index is -0.560. The Labute approximate surface area is 289 Å². The lowest BCUT2D eigenvalue weighted by atomic mass is 10.0. The SMILES string of the molecule is COc1cc(Nc2nccc(-c3ccc(OC4CCN(C(=O)OC(C)(C)C)C4)c(C#N)c3)n2)ccc1N1CCC(N2CCN(C)CC2)CC1. The average Bonchev–Trinajstić information content (AvgIpc) is 3.57. The van der Waals surface area contributed by atoms with E-state index in [2.05, 4.69) is 44.2 Å². The van der Waals surface area contributed by atoms with Crippen LogP contribution in [-0.4, -0.2) is 115 Å². The number of likely N-dealkylation sites (tertiary alicyclic amines) is 1. The highest BCUT2D eigenvalue weighted by molar-refractivity contribution is 5.70. The Morgan fingerprint density at radius 1 is 0.959 bits per heavy atom. The fourth-order valence-corrected chi connectivity index (χ4v) is 6.76. The van der Waals surface area contributed by atoms with Gasteiger partial charge in [0.25, 0.3) is 0 Å². The molecule has 6 rings (SSSR count). The number of ether oxygens (including phenoxy) is 3. The van der Waals surface area contributed by atoms with Crippen LogP contribution in [0.3, 0.4) is 0 Å². The molecule has 1 unspecified atom stereocenters. The van der Waals surface area contributed by atoms with Crippen molar-refractivity contribution in [1.29, 1.82) is 5.26 Å². The molecule has 0 radical (unpaired) electrons. The number of nitrogens with zero attached hydrogens (tertiary/aromatic N) is 7. The van der Waals surface area contributed by atoms with Crippen LogP contribution in [0, 0.1) is 11.3 Å². The van der Waals surface area contributed by atoms with Gasteiger partial charge in [-0.25, -0.2) is 14.8 Å². The first-order valence-electron chi connectivity index (χ1n) is 17.2. The Morgan fingerprint density at radius 3 is 2.45 bits per heavy atom. The fourth-order valence-electron chi connectivity index (χ4n) is 6.76. The molecule has 2 aromatic carbocycles. The molecule has 12 heteroatoms. The van der Waals surface area contributed by atoms with Crippen molar-refractivity contribution in [3.63, 3.8) is 0 Å². The van der Waals surface area contributed by atoms with Crippen LogP contribution in [0.2, 0.25) is 0 Å². The van der Waals surface area contributed by atoms with E-state index < -0.39 is 5.60 Å². The summed E-state index contributed by atoms with van der Waals surface area (Å²) in [6.45, 7) is 13.1. The molecule has 260 valence electrons. The summed E-state index contributed by atoms with van der Waals surface area (Å²) in [4.78, 5) is 30.8. The van der Waals surface area contributed by atoms with E-state index in [1.54, 1.807) is 30.3 Å². The number of nitrogens with one attached hydrogen (secondary N) is 1. The van der Waals surface area contributed by atoms with Gasteiger partial charge >= 0.3 is 6.09 Å². The molecule has 3 aromatic rings. The third-order valence-corrected chi connectivity index (χ3v) is 9.44. The number of likely N-dealkylation sites (N-methyl/N-ethyl adjacent to an activating group) is 1. The Morgan fingerprint density at radius 2 is 1.73 bits per heavy atom. The Balaban J connectivity index is 1.08. The van der Waals surface area contributed by atoms with E-state index in [4.69, 9.17) is 19.2 Å². The maximum atomic E-state index is 12.5. The Hall–Kier alpha value is -4.60. The third kappa shape index (κ3) is 8.53. The molecule has 3 aliphatic rings. The molecule has 49 heavy (non-hydrogen) atoms. The lowest BCUT2D eigenvalue weighted by Crippen LogP contribution is -2.52. The second-order valence-corrected chi connectivity index (χ2v) is 14.1. The third-order valence-electron chi connectivity index (χ3n) is 9.44. The zero-order valence-electron chi connectivity index (χ0n) is 29.3. The lowest BCUT2D eigenvalue weighted by molar-refractivity contribution is 0.0275. The topological polar surface area (TPSA) is 119 Å². The average molecular weight is 669 g/mol. The maximum Gasteiger partial charge on any atom is 0.410 e.